The van der Waals surface area contributed by atoms with Gasteiger partial charge in [-0.25, -0.2) is 0 Å². The standard InChI is InChI=1S/C10H18N2O2/c1-7(10(11)14)9(13)8(2)12-5-3-4-6-12/h7,9,13H,2-6H2,1H3,(H2,11,14)/t7-,9-/m1/s1. The van der Waals surface area contributed by atoms with E-state index >= 15 is 0 Å². The van der Waals surface area contributed by atoms with Crippen molar-refractivity contribution < 1.29 is 9.90 Å². The quantitative estimate of drug-likeness (QED) is 0.672. The third kappa shape index (κ3) is 2.26. The summed E-state index contributed by atoms with van der Waals surface area (Å²) in [6, 6.07) is 0. The van der Waals surface area contributed by atoms with Gasteiger partial charge in [0.25, 0.3) is 0 Å². The van der Waals surface area contributed by atoms with E-state index < -0.39 is 17.9 Å². The molecule has 1 saturated heterocycles. The van der Waals surface area contributed by atoms with Gasteiger partial charge >= 0.3 is 0 Å². The van der Waals surface area contributed by atoms with Gasteiger partial charge in [0.1, 0.15) is 6.10 Å². The van der Waals surface area contributed by atoms with Crippen LogP contribution in [0.25, 0.3) is 0 Å². The molecule has 1 amide bonds. The molecule has 80 valence electrons. The normalized spacial score (nSPS) is 20.6. The fourth-order valence-electron chi connectivity index (χ4n) is 1.64. The van der Waals surface area contributed by atoms with Crippen molar-refractivity contribution >= 4 is 5.91 Å². The maximum atomic E-state index is 10.9. The summed E-state index contributed by atoms with van der Waals surface area (Å²) in [5, 5.41) is 9.78. The predicted octanol–water partition coefficient (Wildman–Crippen LogP) is 0.0782. The highest BCUT2D eigenvalue weighted by Crippen LogP contribution is 2.19. The molecule has 1 fully saturated rings. The highest BCUT2D eigenvalue weighted by molar-refractivity contribution is 5.77. The number of carbonyl (C=O) groups excluding carboxylic acids is 1. The van der Waals surface area contributed by atoms with Gasteiger partial charge in [-0.1, -0.05) is 13.5 Å². The van der Waals surface area contributed by atoms with E-state index in [1.807, 2.05) is 4.90 Å². The maximum absolute atomic E-state index is 10.9. The Balaban J connectivity index is 2.54. The van der Waals surface area contributed by atoms with Gasteiger partial charge < -0.3 is 15.7 Å². The van der Waals surface area contributed by atoms with Crippen molar-refractivity contribution in [1.29, 1.82) is 0 Å². The van der Waals surface area contributed by atoms with Crippen molar-refractivity contribution in [1.82, 2.24) is 4.90 Å². The van der Waals surface area contributed by atoms with Crippen LogP contribution in [0.5, 0.6) is 0 Å². The van der Waals surface area contributed by atoms with E-state index in [4.69, 9.17) is 5.73 Å². The van der Waals surface area contributed by atoms with E-state index in [1.54, 1.807) is 6.92 Å². The van der Waals surface area contributed by atoms with Crippen molar-refractivity contribution in [3.63, 3.8) is 0 Å². The molecular formula is C10H18N2O2. The van der Waals surface area contributed by atoms with E-state index in [2.05, 4.69) is 6.58 Å². The Kier molecular flexibility index (Phi) is 3.52. The van der Waals surface area contributed by atoms with E-state index in [0.29, 0.717) is 5.70 Å². The molecule has 1 aliphatic heterocycles. The molecule has 4 nitrogen and oxygen atoms in total. The summed E-state index contributed by atoms with van der Waals surface area (Å²) in [5.41, 5.74) is 5.73. The smallest absolute Gasteiger partial charge is 0.223 e. The molecule has 1 aliphatic rings. The van der Waals surface area contributed by atoms with E-state index in [1.165, 1.54) is 0 Å². The Bertz CT molecular complexity index is 234. The molecule has 2 atom stereocenters. The highest BCUT2D eigenvalue weighted by Gasteiger charge is 2.26. The summed E-state index contributed by atoms with van der Waals surface area (Å²) >= 11 is 0. The molecule has 14 heavy (non-hydrogen) atoms. The van der Waals surface area contributed by atoms with E-state index in [0.717, 1.165) is 25.9 Å². The number of rotatable bonds is 4. The van der Waals surface area contributed by atoms with Crippen LogP contribution < -0.4 is 5.73 Å². The van der Waals surface area contributed by atoms with E-state index in [9.17, 15) is 9.90 Å². The van der Waals surface area contributed by atoms with Crippen LogP contribution in [0.3, 0.4) is 0 Å². The van der Waals surface area contributed by atoms with Crippen LogP contribution in [0.4, 0.5) is 0 Å². The SMILES string of the molecule is C=C([C@H](O)[C@@H](C)C(N)=O)N1CCCC1. The molecule has 0 bridgehead atoms. The lowest BCUT2D eigenvalue weighted by molar-refractivity contribution is -0.124. The van der Waals surface area contributed by atoms with Gasteiger partial charge in [0, 0.05) is 18.8 Å². The van der Waals surface area contributed by atoms with Crippen LogP contribution in [-0.2, 0) is 4.79 Å². The van der Waals surface area contributed by atoms with Gasteiger partial charge in [0.2, 0.25) is 5.91 Å². The number of amides is 1. The first-order valence-electron chi connectivity index (χ1n) is 4.95. The minimum atomic E-state index is -0.842. The lowest BCUT2D eigenvalue weighted by Crippen LogP contribution is -2.37. The van der Waals surface area contributed by atoms with Crippen molar-refractivity contribution in [2.24, 2.45) is 11.7 Å². The van der Waals surface area contributed by atoms with Crippen LogP contribution in [0.2, 0.25) is 0 Å². The largest absolute Gasteiger partial charge is 0.386 e. The molecular weight excluding hydrogens is 180 g/mol. The molecule has 0 saturated carbocycles. The number of hydrogen-bond donors (Lipinski definition) is 2. The number of likely N-dealkylation sites (tertiary alicyclic amines) is 1. The lowest BCUT2D eigenvalue weighted by Gasteiger charge is -2.26. The third-order valence-corrected chi connectivity index (χ3v) is 2.78. The highest BCUT2D eigenvalue weighted by atomic mass is 16.3. The van der Waals surface area contributed by atoms with Crippen molar-refractivity contribution in [3.05, 3.63) is 12.3 Å². The summed E-state index contributed by atoms with van der Waals surface area (Å²) in [6.45, 7) is 7.26. The molecule has 0 aromatic rings. The first-order valence-corrected chi connectivity index (χ1v) is 4.95. The number of aliphatic hydroxyl groups excluding tert-OH is 1. The summed E-state index contributed by atoms with van der Waals surface area (Å²) < 4.78 is 0. The van der Waals surface area contributed by atoms with Gasteiger partial charge in [0.05, 0.1) is 5.92 Å². The third-order valence-electron chi connectivity index (χ3n) is 2.78. The summed E-state index contributed by atoms with van der Waals surface area (Å²) in [6.07, 6.45) is 1.40. The minimum Gasteiger partial charge on any atom is -0.386 e. The Morgan fingerprint density at radius 3 is 2.43 bits per heavy atom. The van der Waals surface area contributed by atoms with Gasteiger partial charge in [-0.05, 0) is 12.8 Å². The minimum absolute atomic E-state index is 0.488. The molecule has 1 heterocycles. The number of nitrogens with two attached hydrogens (primary N) is 1. The van der Waals surface area contributed by atoms with Gasteiger partial charge in [-0.3, -0.25) is 4.79 Å². The molecule has 3 N–H and O–H groups in total. The summed E-state index contributed by atoms with van der Waals surface area (Å²) in [4.78, 5) is 12.9. The van der Waals surface area contributed by atoms with Gasteiger partial charge in [0.15, 0.2) is 0 Å². The number of carbonyl (C=O) groups is 1. The van der Waals surface area contributed by atoms with Gasteiger partial charge in [-0.2, -0.15) is 0 Å². The molecule has 0 unspecified atom stereocenters. The second kappa shape index (κ2) is 4.46. The van der Waals surface area contributed by atoms with Crippen molar-refractivity contribution in [2.45, 2.75) is 25.9 Å². The number of nitrogens with zero attached hydrogens (tertiary/aromatic N) is 1. The molecule has 0 spiro atoms. The Labute approximate surface area is 84.4 Å². The van der Waals surface area contributed by atoms with Crippen molar-refractivity contribution in [2.75, 3.05) is 13.1 Å². The zero-order valence-corrected chi connectivity index (χ0v) is 8.57. The summed E-state index contributed by atoms with van der Waals surface area (Å²) in [5.74, 6) is -1.05. The Morgan fingerprint density at radius 1 is 1.50 bits per heavy atom. The fourth-order valence-corrected chi connectivity index (χ4v) is 1.64. The van der Waals surface area contributed by atoms with Crippen LogP contribution in [0.1, 0.15) is 19.8 Å². The molecule has 4 heteroatoms. The Morgan fingerprint density at radius 2 is 2.00 bits per heavy atom. The fraction of sp³-hybridized carbons (Fsp3) is 0.700. The van der Waals surface area contributed by atoms with Gasteiger partial charge in [-0.15, -0.1) is 0 Å². The lowest BCUT2D eigenvalue weighted by atomic mass is 10.0. The molecule has 0 aromatic heterocycles. The monoisotopic (exact) mass is 198 g/mol. The van der Waals surface area contributed by atoms with Crippen LogP contribution >= 0.6 is 0 Å². The average Bonchev–Trinajstić information content (AvgIpc) is 2.67. The molecule has 0 radical (unpaired) electrons. The number of hydrogen-bond acceptors (Lipinski definition) is 3. The molecule has 1 rings (SSSR count). The van der Waals surface area contributed by atoms with Crippen LogP contribution in [0, 0.1) is 5.92 Å². The zero-order valence-electron chi connectivity index (χ0n) is 8.57. The molecule has 0 aliphatic carbocycles. The Hall–Kier alpha value is -1.03. The first-order chi connectivity index (χ1) is 6.54. The zero-order chi connectivity index (χ0) is 10.7. The van der Waals surface area contributed by atoms with E-state index in [-0.39, 0.29) is 0 Å². The predicted molar refractivity (Wildman–Crippen MR) is 54.3 cm³/mol. The average molecular weight is 198 g/mol. The second-order valence-corrected chi connectivity index (χ2v) is 3.82. The number of primary amides is 1. The second-order valence-electron chi connectivity index (χ2n) is 3.82. The first kappa shape index (κ1) is 11.0. The van der Waals surface area contributed by atoms with Crippen molar-refractivity contribution in [3.8, 4) is 0 Å². The summed E-state index contributed by atoms with van der Waals surface area (Å²) in [7, 11) is 0. The number of aliphatic hydroxyl groups is 1. The van der Waals surface area contributed by atoms with Crippen LogP contribution in [0.15, 0.2) is 12.3 Å². The topological polar surface area (TPSA) is 66.6 Å². The molecule has 0 aromatic carbocycles. The maximum Gasteiger partial charge on any atom is 0.223 e. The van der Waals surface area contributed by atoms with Crippen LogP contribution in [-0.4, -0.2) is 35.1 Å².